The zero-order valence-corrected chi connectivity index (χ0v) is 14.5. The van der Waals surface area contributed by atoms with Crippen molar-refractivity contribution in [3.63, 3.8) is 0 Å². The van der Waals surface area contributed by atoms with Crippen molar-refractivity contribution in [2.45, 2.75) is 6.23 Å². The molecule has 0 radical (unpaired) electrons. The van der Waals surface area contributed by atoms with E-state index in [-0.39, 0.29) is 17.8 Å². The molecule has 0 saturated heterocycles. The van der Waals surface area contributed by atoms with Gasteiger partial charge in [0, 0.05) is 7.11 Å². The molecule has 0 fully saturated rings. The second-order valence-corrected chi connectivity index (χ2v) is 3.85. The number of nitrogens with zero attached hydrogens (tertiary/aromatic N) is 6. The van der Waals surface area contributed by atoms with Gasteiger partial charge in [-0.3, -0.25) is 4.84 Å². The summed E-state index contributed by atoms with van der Waals surface area (Å²) in [5.41, 5.74) is 0. The zero-order chi connectivity index (χ0) is 18.1. The first-order chi connectivity index (χ1) is 11.6. The summed E-state index contributed by atoms with van der Waals surface area (Å²) in [6, 6.07) is 0. The Bertz CT molecular complexity index is 483. The summed E-state index contributed by atoms with van der Waals surface area (Å²) in [6.07, 6.45) is 0.844. The van der Waals surface area contributed by atoms with Crippen molar-refractivity contribution >= 4 is 17.8 Å². The molecule has 1 unspecified atom stereocenters. The SMILES string of the molecule is C=CC(OC)N(OC)c1nc(N(OC)OC)nc(N(OC)OC)n1. The number of rotatable bonds is 11. The van der Waals surface area contributed by atoms with Crippen molar-refractivity contribution in [1.29, 1.82) is 0 Å². The summed E-state index contributed by atoms with van der Waals surface area (Å²) in [6.45, 7) is 3.67. The Morgan fingerprint density at radius 1 is 0.750 bits per heavy atom. The Morgan fingerprint density at radius 2 is 1.17 bits per heavy atom. The molecule has 0 N–H and O–H groups in total. The van der Waals surface area contributed by atoms with E-state index >= 15 is 0 Å². The lowest BCUT2D eigenvalue weighted by Gasteiger charge is -2.27. The molecule has 1 aromatic heterocycles. The molecule has 1 aromatic rings. The second-order valence-electron chi connectivity index (χ2n) is 3.85. The minimum Gasteiger partial charge on any atom is -0.356 e. The summed E-state index contributed by atoms with van der Waals surface area (Å²) < 4.78 is 5.24. The van der Waals surface area contributed by atoms with Gasteiger partial charge in [0.2, 0.25) is 0 Å². The Morgan fingerprint density at radius 3 is 1.46 bits per heavy atom. The Hall–Kier alpha value is -2.09. The molecule has 0 bridgehead atoms. The van der Waals surface area contributed by atoms with E-state index in [0.29, 0.717) is 0 Å². The smallest absolute Gasteiger partial charge is 0.284 e. The van der Waals surface area contributed by atoms with Gasteiger partial charge in [0.05, 0.1) is 35.5 Å². The number of anilines is 3. The lowest BCUT2D eigenvalue weighted by atomic mass is 10.5. The Kier molecular flexibility index (Phi) is 8.25. The lowest BCUT2D eigenvalue weighted by molar-refractivity contribution is -0.0528. The van der Waals surface area contributed by atoms with Gasteiger partial charge in [0.15, 0.2) is 6.23 Å². The molecular formula is C12H22N6O6. The molecule has 0 spiro atoms. The first kappa shape index (κ1) is 20.0. The molecule has 0 amide bonds. The summed E-state index contributed by atoms with van der Waals surface area (Å²) >= 11 is 0. The van der Waals surface area contributed by atoms with Gasteiger partial charge in [-0.1, -0.05) is 17.0 Å². The van der Waals surface area contributed by atoms with Crippen LogP contribution in [0.15, 0.2) is 12.7 Å². The standard InChI is InChI=1S/C12H22N6O6/c1-8-9(19-2)16(20-3)10-13-11(17(21-4)22-5)15-12(14-10)18(23-6)24-7/h8-9H,1H2,2-7H3. The van der Waals surface area contributed by atoms with E-state index < -0.39 is 6.23 Å². The van der Waals surface area contributed by atoms with Crippen molar-refractivity contribution < 1.29 is 28.9 Å². The van der Waals surface area contributed by atoms with Crippen molar-refractivity contribution in [3.05, 3.63) is 12.7 Å². The Balaban J connectivity index is 3.43. The molecule has 0 aromatic carbocycles. The van der Waals surface area contributed by atoms with Crippen LogP contribution in [0.2, 0.25) is 0 Å². The highest BCUT2D eigenvalue weighted by molar-refractivity contribution is 5.42. The predicted molar refractivity (Wildman–Crippen MR) is 83.3 cm³/mol. The average molecular weight is 346 g/mol. The van der Waals surface area contributed by atoms with Crippen molar-refractivity contribution in [2.75, 3.05) is 58.2 Å². The fraction of sp³-hybridized carbons (Fsp3) is 0.583. The predicted octanol–water partition coefficient (Wildman–Crippen LogP) is 0.256. The van der Waals surface area contributed by atoms with Crippen molar-refractivity contribution in [3.8, 4) is 0 Å². The van der Waals surface area contributed by atoms with Crippen LogP contribution in [0.5, 0.6) is 0 Å². The van der Waals surface area contributed by atoms with E-state index in [1.54, 1.807) is 0 Å². The van der Waals surface area contributed by atoms with E-state index in [9.17, 15) is 0 Å². The third-order valence-electron chi connectivity index (χ3n) is 2.66. The van der Waals surface area contributed by atoms with E-state index in [4.69, 9.17) is 28.9 Å². The van der Waals surface area contributed by atoms with Crippen molar-refractivity contribution in [2.24, 2.45) is 0 Å². The van der Waals surface area contributed by atoms with Gasteiger partial charge in [-0.2, -0.15) is 20.0 Å². The molecule has 1 atom stereocenters. The molecule has 0 aliphatic heterocycles. The van der Waals surface area contributed by atoms with Crippen LogP contribution in [0, 0.1) is 0 Å². The average Bonchev–Trinajstić information content (AvgIpc) is 2.61. The van der Waals surface area contributed by atoms with Gasteiger partial charge in [-0.25, -0.2) is 19.4 Å². The summed E-state index contributed by atoms with van der Waals surface area (Å²) in [5, 5.41) is 3.18. The molecule has 0 aliphatic rings. The van der Waals surface area contributed by atoms with E-state index in [2.05, 4.69) is 21.5 Å². The third-order valence-corrected chi connectivity index (χ3v) is 2.66. The van der Waals surface area contributed by atoms with E-state index in [0.717, 1.165) is 10.5 Å². The number of hydrogen-bond donors (Lipinski definition) is 0. The molecule has 0 saturated carbocycles. The van der Waals surface area contributed by atoms with Crippen LogP contribution in [0.3, 0.4) is 0 Å². The fourth-order valence-corrected chi connectivity index (χ4v) is 1.67. The van der Waals surface area contributed by atoms with E-state index in [1.165, 1.54) is 53.8 Å². The number of hydroxylamine groups is 1. The Labute approximate surface area is 139 Å². The van der Waals surface area contributed by atoms with E-state index in [1.807, 2.05) is 0 Å². The molecule has 24 heavy (non-hydrogen) atoms. The van der Waals surface area contributed by atoms with Crippen LogP contribution in [-0.4, -0.2) is 63.8 Å². The molecule has 136 valence electrons. The van der Waals surface area contributed by atoms with Crippen LogP contribution in [-0.2, 0) is 28.9 Å². The van der Waals surface area contributed by atoms with Gasteiger partial charge in [-0.05, 0) is 6.08 Å². The maximum Gasteiger partial charge on any atom is 0.284 e. The highest BCUT2D eigenvalue weighted by atomic mass is 16.9. The maximum atomic E-state index is 5.27. The van der Waals surface area contributed by atoms with Crippen LogP contribution in [0.4, 0.5) is 17.8 Å². The first-order valence-corrected chi connectivity index (χ1v) is 6.61. The van der Waals surface area contributed by atoms with Gasteiger partial charge < -0.3 is 4.74 Å². The normalized spacial score (nSPS) is 11.9. The highest BCUT2D eigenvalue weighted by Gasteiger charge is 2.24. The quantitative estimate of drug-likeness (QED) is 0.312. The number of hydrogen-bond acceptors (Lipinski definition) is 12. The van der Waals surface area contributed by atoms with Crippen LogP contribution < -0.4 is 15.5 Å². The lowest BCUT2D eigenvalue weighted by Crippen LogP contribution is -2.37. The number of aromatic nitrogens is 3. The summed E-state index contributed by atoms with van der Waals surface area (Å²) in [7, 11) is 8.43. The minimum atomic E-state index is -0.657. The zero-order valence-electron chi connectivity index (χ0n) is 14.5. The summed E-state index contributed by atoms with van der Waals surface area (Å²) in [4.78, 5) is 37.9. The number of ether oxygens (including phenoxy) is 1. The van der Waals surface area contributed by atoms with Gasteiger partial charge in [0.1, 0.15) is 0 Å². The minimum absolute atomic E-state index is 0.0139. The van der Waals surface area contributed by atoms with Crippen LogP contribution >= 0.6 is 0 Å². The fourth-order valence-electron chi connectivity index (χ4n) is 1.67. The largest absolute Gasteiger partial charge is 0.356 e. The first-order valence-electron chi connectivity index (χ1n) is 6.61. The maximum absolute atomic E-state index is 5.27. The molecule has 12 heteroatoms. The molecule has 1 rings (SSSR count). The summed E-state index contributed by atoms with van der Waals surface area (Å²) in [5.74, 6) is 0.0996. The highest BCUT2D eigenvalue weighted by Crippen LogP contribution is 2.21. The van der Waals surface area contributed by atoms with Gasteiger partial charge in [0.25, 0.3) is 17.8 Å². The third kappa shape index (κ3) is 4.47. The van der Waals surface area contributed by atoms with Crippen molar-refractivity contribution in [1.82, 2.24) is 15.0 Å². The van der Waals surface area contributed by atoms with Gasteiger partial charge in [-0.15, -0.1) is 0 Å². The topological polar surface area (TPSA) is 104 Å². The second kappa shape index (κ2) is 9.92. The molecule has 0 aliphatic carbocycles. The van der Waals surface area contributed by atoms with Crippen LogP contribution in [0.25, 0.3) is 0 Å². The molecule has 1 heterocycles. The number of methoxy groups -OCH3 is 1. The monoisotopic (exact) mass is 346 g/mol. The van der Waals surface area contributed by atoms with Crippen LogP contribution in [0.1, 0.15) is 0 Å². The molecular weight excluding hydrogens is 324 g/mol. The molecule has 12 nitrogen and oxygen atoms in total. The van der Waals surface area contributed by atoms with Gasteiger partial charge >= 0.3 is 0 Å².